The van der Waals surface area contributed by atoms with E-state index in [-0.39, 0.29) is 11.5 Å². The highest BCUT2D eigenvalue weighted by Gasteiger charge is 2.37. The van der Waals surface area contributed by atoms with Gasteiger partial charge in [0.1, 0.15) is 4.88 Å². The van der Waals surface area contributed by atoms with Crippen molar-refractivity contribution in [3.63, 3.8) is 0 Å². The highest BCUT2D eigenvalue weighted by Crippen LogP contribution is 2.45. The van der Waals surface area contributed by atoms with E-state index in [9.17, 15) is 13.2 Å². The van der Waals surface area contributed by atoms with Crippen LogP contribution in [0.5, 0.6) is 0 Å². The molecule has 1 aliphatic carbocycles. The molecule has 0 bridgehead atoms. The SMILES string of the molecule is FC(F)(F)c1sc(-c2nc(-c3cccc4c3CCC4)no2)cc1-c1ccccc1. The first-order chi connectivity index (χ1) is 14.0. The van der Waals surface area contributed by atoms with Crippen molar-refractivity contribution in [3.8, 4) is 33.3 Å². The number of halogens is 3. The summed E-state index contributed by atoms with van der Waals surface area (Å²) in [4.78, 5) is 4.06. The fraction of sp³-hybridized carbons (Fsp3) is 0.182. The van der Waals surface area contributed by atoms with Crippen molar-refractivity contribution in [2.75, 3.05) is 0 Å². The lowest BCUT2D eigenvalue weighted by molar-refractivity contribution is -0.133. The Morgan fingerprint density at radius 1 is 0.931 bits per heavy atom. The van der Waals surface area contributed by atoms with Gasteiger partial charge in [-0.1, -0.05) is 53.7 Å². The molecule has 1 aliphatic rings. The van der Waals surface area contributed by atoms with Gasteiger partial charge in [-0.25, -0.2) is 0 Å². The Morgan fingerprint density at radius 3 is 2.55 bits per heavy atom. The lowest BCUT2D eigenvalue weighted by Gasteiger charge is -2.07. The van der Waals surface area contributed by atoms with Crippen LogP contribution in [0.1, 0.15) is 22.4 Å². The van der Waals surface area contributed by atoms with Gasteiger partial charge in [-0.3, -0.25) is 0 Å². The summed E-state index contributed by atoms with van der Waals surface area (Å²) < 4.78 is 46.2. The van der Waals surface area contributed by atoms with Gasteiger partial charge in [0.05, 0.1) is 4.88 Å². The molecule has 7 heteroatoms. The summed E-state index contributed by atoms with van der Waals surface area (Å²) in [6, 6.07) is 16.0. The van der Waals surface area contributed by atoms with E-state index in [0.717, 1.165) is 24.8 Å². The average molecular weight is 412 g/mol. The summed E-state index contributed by atoms with van der Waals surface area (Å²) in [5.41, 5.74) is 4.00. The smallest absolute Gasteiger partial charge is 0.333 e. The minimum absolute atomic E-state index is 0.105. The maximum Gasteiger partial charge on any atom is 0.426 e. The van der Waals surface area contributed by atoms with Gasteiger partial charge < -0.3 is 4.52 Å². The predicted octanol–water partition coefficient (Wildman–Crippen LogP) is 6.64. The number of fused-ring (bicyclic) bond motifs is 1. The van der Waals surface area contributed by atoms with Crippen molar-refractivity contribution in [2.24, 2.45) is 0 Å². The molecule has 4 aromatic rings. The van der Waals surface area contributed by atoms with Gasteiger partial charge in [0.25, 0.3) is 5.89 Å². The zero-order valence-electron chi connectivity index (χ0n) is 15.2. The van der Waals surface area contributed by atoms with Crippen molar-refractivity contribution < 1.29 is 17.7 Å². The van der Waals surface area contributed by atoms with Crippen LogP contribution in [0.25, 0.3) is 33.3 Å². The third-order valence-electron chi connectivity index (χ3n) is 5.10. The van der Waals surface area contributed by atoms with Crippen LogP contribution < -0.4 is 0 Å². The van der Waals surface area contributed by atoms with Gasteiger partial charge >= 0.3 is 6.18 Å². The van der Waals surface area contributed by atoms with E-state index >= 15 is 0 Å². The van der Waals surface area contributed by atoms with Crippen LogP contribution in [0.4, 0.5) is 13.2 Å². The molecule has 2 aromatic carbocycles. The third-order valence-corrected chi connectivity index (χ3v) is 6.27. The molecule has 0 amide bonds. The van der Waals surface area contributed by atoms with Crippen LogP contribution in [-0.2, 0) is 19.0 Å². The van der Waals surface area contributed by atoms with Crippen LogP contribution in [0.3, 0.4) is 0 Å². The molecule has 0 saturated heterocycles. The molecule has 0 radical (unpaired) electrons. The topological polar surface area (TPSA) is 38.9 Å². The Balaban J connectivity index is 1.58. The first-order valence-electron chi connectivity index (χ1n) is 9.22. The molecule has 2 heterocycles. The molecule has 0 fully saturated rings. The quantitative estimate of drug-likeness (QED) is 0.379. The molecule has 0 spiro atoms. The number of benzene rings is 2. The minimum Gasteiger partial charge on any atom is -0.333 e. The van der Waals surface area contributed by atoms with Crippen molar-refractivity contribution in [1.29, 1.82) is 0 Å². The number of aromatic nitrogens is 2. The molecular formula is C22H15F3N2OS. The van der Waals surface area contributed by atoms with E-state index in [1.807, 2.05) is 12.1 Å². The lowest BCUT2D eigenvalue weighted by atomic mass is 10.0. The molecule has 0 N–H and O–H groups in total. The first kappa shape index (κ1) is 18.1. The monoisotopic (exact) mass is 412 g/mol. The molecule has 5 rings (SSSR count). The van der Waals surface area contributed by atoms with Crippen molar-refractivity contribution >= 4 is 11.3 Å². The number of nitrogens with zero attached hydrogens (tertiary/aromatic N) is 2. The molecular weight excluding hydrogens is 397 g/mol. The van der Waals surface area contributed by atoms with Crippen molar-refractivity contribution in [1.82, 2.24) is 10.1 Å². The van der Waals surface area contributed by atoms with Gasteiger partial charge in [0, 0.05) is 11.1 Å². The minimum atomic E-state index is -4.46. The Morgan fingerprint density at radius 2 is 1.76 bits per heavy atom. The Kier molecular flexibility index (Phi) is 4.28. The number of rotatable bonds is 3. The van der Waals surface area contributed by atoms with Crippen LogP contribution in [-0.4, -0.2) is 10.1 Å². The second-order valence-electron chi connectivity index (χ2n) is 6.94. The molecule has 0 unspecified atom stereocenters. The molecule has 29 heavy (non-hydrogen) atoms. The normalized spacial score (nSPS) is 13.6. The van der Waals surface area contributed by atoms with Crippen LogP contribution in [0.2, 0.25) is 0 Å². The highest BCUT2D eigenvalue weighted by molar-refractivity contribution is 7.16. The second-order valence-corrected chi connectivity index (χ2v) is 7.99. The maximum absolute atomic E-state index is 13.6. The van der Waals surface area contributed by atoms with Gasteiger partial charge in [0.15, 0.2) is 0 Å². The van der Waals surface area contributed by atoms with Gasteiger partial charge in [-0.15, -0.1) is 11.3 Å². The zero-order valence-corrected chi connectivity index (χ0v) is 16.0. The van der Waals surface area contributed by atoms with Crippen LogP contribution >= 0.6 is 11.3 Å². The molecule has 0 saturated carbocycles. The van der Waals surface area contributed by atoms with E-state index in [1.165, 1.54) is 17.2 Å². The predicted molar refractivity (Wildman–Crippen MR) is 106 cm³/mol. The Bertz CT molecular complexity index is 1180. The van der Waals surface area contributed by atoms with Crippen LogP contribution in [0, 0.1) is 0 Å². The molecule has 2 aromatic heterocycles. The standard InChI is InChI=1S/C22H15F3N2OS/c23-22(24,25)19-17(14-6-2-1-3-7-14)12-18(29-19)21-26-20(27-28-21)16-11-5-9-13-8-4-10-15(13)16/h1-3,5-7,9,11-12H,4,8,10H2. The molecule has 0 atom stereocenters. The number of hydrogen-bond donors (Lipinski definition) is 0. The van der Waals surface area contributed by atoms with Crippen LogP contribution in [0.15, 0.2) is 59.1 Å². The lowest BCUT2D eigenvalue weighted by Crippen LogP contribution is -2.03. The van der Waals surface area contributed by atoms with E-state index in [4.69, 9.17) is 4.52 Å². The summed E-state index contributed by atoms with van der Waals surface area (Å²) in [5, 5.41) is 4.05. The molecule has 3 nitrogen and oxygen atoms in total. The summed E-state index contributed by atoms with van der Waals surface area (Å²) in [7, 11) is 0. The average Bonchev–Trinajstić information content (AvgIpc) is 3.45. The maximum atomic E-state index is 13.6. The first-order valence-corrected chi connectivity index (χ1v) is 10.0. The molecule has 0 aliphatic heterocycles. The highest BCUT2D eigenvalue weighted by atomic mass is 32.1. The number of alkyl halides is 3. The Labute approximate surface area is 168 Å². The van der Waals surface area contributed by atoms with Crippen molar-refractivity contribution in [2.45, 2.75) is 25.4 Å². The summed E-state index contributed by atoms with van der Waals surface area (Å²) >= 11 is 0.627. The largest absolute Gasteiger partial charge is 0.426 e. The van der Waals surface area contributed by atoms with Gasteiger partial charge in [0.2, 0.25) is 5.82 Å². The van der Waals surface area contributed by atoms with E-state index in [2.05, 4.69) is 16.2 Å². The summed E-state index contributed by atoms with van der Waals surface area (Å²) in [6.07, 6.45) is -1.41. The van der Waals surface area contributed by atoms with E-state index < -0.39 is 11.1 Å². The van der Waals surface area contributed by atoms with Gasteiger partial charge in [-0.2, -0.15) is 18.2 Å². The number of thiophene rings is 1. The number of hydrogen-bond acceptors (Lipinski definition) is 4. The molecule has 146 valence electrons. The second kappa shape index (κ2) is 6.84. The van der Waals surface area contributed by atoms with E-state index in [0.29, 0.717) is 27.6 Å². The fourth-order valence-electron chi connectivity index (χ4n) is 3.80. The van der Waals surface area contributed by atoms with Crippen molar-refractivity contribution in [3.05, 3.63) is 70.6 Å². The third kappa shape index (κ3) is 3.25. The zero-order chi connectivity index (χ0) is 20.0. The Hall–Kier alpha value is -2.93. The summed E-state index contributed by atoms with van der Waals surface area (Å²) in [6.45, 7) is 0. The van der Waals surface area contributed by atoms with Gasteiger partial charge in [-0.05, 0) is 42.0 Å². The fourth-order valence-corrected chi connectivity index (χ4v) is 4.77. The number of aryl methyl sites for hydroxylation is 1. The van der Waals surface area contributed by atoms with E-state index in [1.54, 1.807) is 30.3 Å². The summed E-state index contributed by atoms with van der Waals surface area (Å²) in [5.74, 6) is 0.523.